The van der Waals surface area contributed by atoms with Gasteiger partial charge in [0.05, 0.1) is 5.02 Å². The molecule has 0 aliphatic heterocycles. The zero-order valence-electron chi connectivity index (χ0n) is 17.0. The van der Waals surface area contributed by atoms with Gasteiger partial charge in [-0.15, -0.1) is 0 Å². The van der Waals surface area contributed by atoms with Crippen LogP contribution in [0.1, 0.15) is 22.8 Å². The summed E-state index contributed by atoms with van der Waals surface area (Å²) in [6.07, 6.45) is 0.0937. The lowest BCUT2D eigenvalue weighted by molar-refractivity contribution is -0.117. The van der Waals surface area contributed by atoms with Crippen molar-refractivity contribution in [2.45, 2.75) is 24.3 Å². The summed E-state index contributed by atoms with van der Waals surface area (Å²) in [7, 11) is -4.17. The molecule has 0 bridgehead atoms. The first-order valence-corrected chi connectivity index (χ1v) is 11.8. The Morgan fingerprint density at radius 3 is 2.34 bits per heavy atom. The molecule has 6 nitrogen and oxygen atoms in total. The van der Waals surface area contributed by atoms with E-state index in [-0.39, 0.29) is 27.1 Å². The number of ketones is 1. The second-order valence-corrected chi connectivity index (χ2v) is 9.59. The van der Waals surface area contributed by atoms with E-state index >= 15 is 0 Å². The van der Waals surface area contributed by atoms with Crippen molar-refractivity contribution in [2.75, 3.05) is 5.32 Å². The van der Waals surface area contributed by atoms with Crippen molar-refractivity contribution in [3.05, 3.63) is 94.0 Å². The first kappa shape index (κ1) is 23.9. The molecule has 166 valence electrons. The summed E-state index contributed by atoms with van der Waals surface area (Å²) in [5.74, 6) is -0.741. The highest BCUT2D eigenvalue weighted by Crippen LogP contribution is 2.25. The van der Waals surface area contributed by atoms with Gasteiger partial charge in [-0.25, -0.2) is 8.42 Å². The number of anilines is 1. The van der Waals surface area contributed by atoms with Crippen LogP contribution in [-0.4, -0.2) is 26.2 Å². The molecule has 1 atom stereocenters. The van der Waals surface area contributed by atoms with Crippen LogP contribution in [0.15, 0.2) is 77.7 Å². The third-order valence-electron chi connectivity index (χ3n) is 4.62. The van der Waals surface area contributed by atoms with Crippen molar-refractivity contribution < 1.29 is 18.0 Å². The number of halogens is 2. The van der Waals surface area contributed by atoms with E-state index in [1.807, 2.05) is 6.07 Å². The molecule has 1 amide bonds. The topological polar surface area (TPSA) is 92.3 Å². The largest absolute Gasteiger partial charge is 0.325 e. The zero-order valence-corrected chi connectivity index (χ0v) is 19.3. The van der Waals surface area contributed by atoms with Gasteiger partial charge in [-0.3, -0.25) is 9.59 Å². The maximum Gasteiger partial charge on any atom is 0.242 e. The van der Waals surface area contributed by atoms with Crippen LogP contribution in [-0.2, 0) is 21.2 Å². The van der Waals surface area contributed by atoms with E-state index in [0.717, 1.165) is 5.56 Å². The van der Waals surface area contributed by atoms with Gasteiger partial charge in [-0.05, 0) is 49.2 Å². The van der Waals surface area contributed by atoms with Crippen LogP contribution in [0.5, 0.6) is 0 Å². The van der Waals surface area contributed by atoms with Gasteiger partial charge in [0.2, 0.25) is 15.9 Å². The third-order valence-corrected chi connectivity index (χ3v) is 6.80. The lowest BCUT2D eigenvalue weighted by Gasteiger charge is -2.19. The van der Waals surface area contributed by atoms with Crippen LogP contribution in [0.3, 0.4) is 0 Å². The fraction of sp³-hybridized carbons (Fsp3) is 0.130. The van der Waals surface area contributed by atoms with E-state index in [4.69, 9.17) is 23.2 Å². The summed E-state index contributed by atoms with van der Waals surface area (Å²) < 4.78 is 28.5. The van der Waals surface area contributed by atoms with Gasteiger partial charge >= 0.3 is 0 Å². The summed E-state index contributed by atoms with van der Waals surface area (Å²) in [4.78, 5) is 24.5. The van der Waals surface area contributed by atoms with E-state index in [9.17, 15) is 18.0 Å². The Hall–Kier alpha value is -2.71. The first-order chi connectivity index (χ1) is 15.2. The van der Waals surface area contributed by atoms with Gasteiger partial charge in [0.15, 0.2) is 5.78 Å². The summed E-state index contributed by atoms with van der Waals surface area (Å²) in [6, 6.07) is 18.3. The number of rotatable bonds is 8. The first-order valence-electron chi connectivity index (χ1n) is 9.59. The van der Waals surface area contributed by atoms with Gasteiger partial charge < -0.3 is 5.32 Å². The van der Waals surface area contributed by atoms with Crippen LogP contribution >= 0.6 is 23.2 Å². The average molecular weight is 491 g/mol. The van der Waals surface area contributed by atoms with Crippen LogP contribution in [0.25, 0.3) is 0 Å². The maximum atomic E-state index is 13.1. The summed E-state index contributed by atoms with van der Waals surface area (Å²) in [5, 5.41) is 2.86. The molecule has 3 aromatic carbocycles. The Bertz CT molecular complexity index is 1250. The van der Waals surface area contributed by atoms with Gasteiger partial charge in [0.1, 0.15) is 10.9 Å². The summed E-state index contributed by atoms with van der Waals surface area (Å²) in [5.41, 5.74) is 1.56. The number of Topliss-reactive ketones (excluding diaryl/α,β-unsaturated/α-hetero) is 1. The molecule has 0 aliphatic rings. The Labute approximate surface area is 196 Å². The predicted molar refractivity (Wildman–Crippen MR) is 126 cm³/mol. The predicted octanol–water partition coefficient (Wildman–Crippen LogP) is 4.72. The Morgan fingerprint density at radius 1 is 0.938 bits per heavy atom. The molecule has 0 fully saturated rings. The molecule has 0 aromatic heterocycles. The molecule has 0 saturated carbocycles. The monoisotopic (exact) mass is 490 g/mol. The smallest absolute Gasteiger partial charge is 0.242 e. The SMILES string of the molecule is CC(=O)c1cccc(NC(=O)[C@@H](Cc2ccccc2)NS(=O)(=O)c2cc(Cl)ccc2Cl)c1. The number of nitrogens with one attached hydrogen (secondary N) is 2. The molecule has 0 heterocycles. The number of hydrogen-bond acceptors (Lipinski definition) is 4. The minimum absolute atomic E-state index is 0.0186. The summed E-state index contributed by atoms with van der Waals surface area (Å²) >= 11 is 12.0. The highest BCUT2D eigenvalue weighted by atomic mass is 35.5. The maximum absolute atomic E-state index is 13.1. The molecule has 2 N–H and O–H groups in total. The number of benzene rings is 3. The number of carbonyl (C=O) groups is 2. The molecule has 0 radical (unpaired) electrons. The lowest BCUT2D eigenvalue weighted by Crippen LogP contribution is -2.45. The van der Waals surface area contributed by atoms with Gasteiger partial charge in [-0.2, -0.15) is 4.72 Å². The van der Waals surface area contributed by atoms with Crippen molar-refractivity contribution >= 4 is 50.6 Å². The van der Waals surface area contributed by atoms with Crippen LogP contribution < -0.4 is 10.0 Å². The standard InChI is InChI=1S/C23H20Cl2N2O4S/c1-15(28)17-8-5-9-19(13-17)26-23(29)21(12-16-6-3-2-4-7-16)27-32(30,31)22-14-18(24)10-11-20(22)25/h2-11,13-14,21,27H,12H2,1H3,(H,26,29)/t21-/m1/s1. The molecular formula is C23H20Cl2N2O4S. The molecule has 0 unspecified atom stereocenters. The third kappa shape index (κ3) is 6.17. The number of hydrogen-bond donors (Lipinski definition) is 2. The minimum Gasteiger partial charge on any atom is -0.325 e. The second kappa shape index (κ2) is 10.3. The average Bonchev–Trinajstić information content (AvgIpc) is 2.75. The molecule has 3 rings (SSSR count). The van der Waals surface area contributed by atoms with Crippen molar-refractivity contribution in [1.82, 2.24) is 4.72 Å². The van der Waals surface area contributed by atoms with Crippen molar-refractivity contribution in [3.63, 3.8) is 0 Å². The van der Waals surface area contributed by atoms with Gasteiger partial charge in [0.25, 0.3) is 0 Å². The fourth-order valence-corrected chi connectivity index (χ4v) is 4.97. The Kier molecular flexibility index (Phi) is 7.69. The quantitative estimate of drug-likeness (QED) is 0.446. The fourth-order valence-electron chi connectivity index (χ4n) is 3.02. The van der Waals surface area contributed by atoms with Crippen molar-refractivity contribution in [3.8, 4) is 0 Å². The van der Waals surface area contributed by atoms with E-state index in [1.54, 1.807) is 42.5 Å². The molecular weight excluding hydrogens is 471 g/mol. The van der Waals surface area contributed by atoms with Gasteiger partial charge in [-0.1, -0.05) is 65.7 Å². The number of sulfonamides is 1. The van der Waals surface area contributed by atoms with Crippen LogP contribution in [0.2, 0.25) is 10.0 Å². The van der Waals surface area contributed by atoms with Crippen LogP contribution in [0.4, 0.5) is 5.69 Å². The lowest BCUT2D eigenvalue weighted by atomic mass is 10.1. The van der Waals surface area contributed by atoms with Crippen molar-refractivity contribution in [1.29, 1.82) is 0 Å². The van der Waals surface area contributed by atoms with Crippen LogP contribution in [0, 0.1) is 0 Å². The molecule has 3 aromatic rings. The Balaban J connectivity index is 1.91. The number of amides is 1. The second-order valence-electron chi connectivity index (χ2n) is 7.06. The highest BCUT2D eigenvalue weighted by Gasteiger charge is 2.28. The van der Waals surface area contributed by atoms with Crippen molar-refractivity contribution in [2.24, 2.45) is 0 Å². The van der Waals surface area contributed by atoms with E-state index in [1.165, 1.54) is 31.2 Å². The summed E-state index contributed by atoms with van der Waals surface area (Å²) in [6.45, 7) is 1.42. The molecule has 0 saturated heterocycles. The van der Waals surface area contributed by atoms with E-state index in [0.29, 0.717) is 11.3 Å². The zero-order chi connectivity index (χ0) is 23.3. The number of carbonyl (C=O) groups excluding carboxylic acids is 2. The molecule has 0 aliphatic carbocycles. The van der Waals surface area contributed by atoms with E-state index in [2.05, 4.69) is 10.0 Å². The normalized spacial score (nSPS) is 12.2. The highest BCUT2D eigenvalue weighted by molar-refractivity contribution is 7.89. The molecule has 9 heteroatoms. The minimum atomic E-state index is -4.17. The molecule has 0 spiro atoms. The van der Waals surface area contributed by atoms with Gasteiger partial charge in [0, 0.05) is 16.3 Å². The van der Waals surface area contributed by atoms with E-state index < -0.39 is 22.0 Å². The Morgan fingerprint density at radius 2 is 1.66 bits per heavy atom. The molecule has 32 heavy (non-hydrogen) atoms.